The van der Waals surface area contributed by atoms with Gasteiger partial charge in [-0.25, -0.2) is 8.42 Å². The van der Waals surface area contributed by atoms with Crippen molar-refractivity contribution in [1.29, 1.82) is 0 Å². The quantitative estimate of drug-likeness (QED) is 0.830. The van der Waals surface area contributed by atoms with Gasteiger partial charge in [-0.3, -0.25) is 9.52 Å². The third-order valence-corrected chi connectivity index (χ3v) is 4.40. The van der Waals surface area contributed by atoms with E-state index < -0.39 is 10.0 Å². The fourth-order valence-electron chi connectivity index (χ4n) is 1.83. The Bertz CT molecular complexity index is 781. The Labute approximate surface area is 130 Å². The Morgan fingerprint density at radius 1 is 1.09 bits per heavy atom. The maximum Gasteiger partial charge on any atom is 0.261 e. The van der Waals surface area contributed by atoms with Gasteiger partial charge in [-0.15, -0.1) is 0 Å². The molecule has 0 aliphatic carbocycles. The third kappa shape index (κ3) is 4.30. The summed E-state index contributed by atoms with van der Waals surface area (Å²) in [6, 6.07) is 15.1. The molecule has 0 amide bonds. The van der Waals surface area contributed by atoms with E-state index in [1.165, 1.54) is 18.2 Å². The summed E-state index contributed by atoms with van der Waals surface area (Å²) in [4.78, 5) is 11.5. The van der Waals surface area contributed by atoms with Crippen molar-refractivity contribution in [1.82, 2.24) is 0 Å². The molecule has 0 unspecified atom stereocenters. The molecule has 22 heavy (non-hydrogen) atoms. The van der Waals surface area contributed by atoms with Crippen LogP contribution in [-0.4, -0.2) is 14.2 Å². The molecule has 2 aromatic rings. The average Bonchev–Trinajstić information content (AvgIpc) is 2.53. The van der Waals surface area contributed by atoms with Gasteiger partial charge in [-0.2, -0.15) is 0 Å². The minimum atomic E-state index is -3.61. The number of carbonyl (C=O) groups excluding carboxylic acids is 1. The summed E-state index contributed by atoms with van der Waals surface area (Å²) < 4.78 is 27.0. The van der Waals surface area contributed by atoms with Crippen molar-refractivity contribution < 1.29 is 13.2 Å². The predicted octanol–water partition coefficient (Wildman–Crippen LogP) is 3.48. The Morgan fingerprint density at radius 3 is 2.50 bits per heavy atom. The van der Waals surface area contributed by atoms with Crippen LogP contribution in [0.1, 0.15) is 18.9 Å². The van der Waals surface area contributed by atoms with E-state index in [1.54, 1.807) is 55.5 Å². The number of allylic oxidation sites excluding steroid dienone is 1. The lowest BCUT2D eigenvalue weighted by atomic mass is 10.1. The number of benzene rings is 2. The molecule has 0 aliphatic heterocycles. The molecular weight excluding hydrogens is 298 g/mol. The van der Waals surface area contributed by atoms with Crippen LogP contribution in [0.2, 0.25) is 0 Å². The molecule has 0 aliphatic rings. The lowest BCUT2D eigenvalue weighted by Gasteiger charge is -2.08. The molecule has 0 atom stereocenters. The molecule has 2 rings (SSSR count). The third-order valence-electron chi connectivity index (χ3n) is 3.00. The van der Waals surface area contributed by atoms with Crippen LogP contribution in [0, 0.1) is 0 Å². The standard InChI is InChI=1S/C17H17NO3S/c1-2-16(19)12-11-14-7-6-8-15(13-14)18-22(20,21)17-9-4-3-5-10-17/h3-13,18H,2H2,1H3/b12-11+. The summed E-state index contributed by atoms with van der Waals surface area (Å²) in [6.45, 7) is 1.79. The number of sulfonamides is 1. The molecule has 0 saturated carbocycles. The van der Waals surface area contributed by atoms with Gasteiger partial charge in [-0.05, 0) is 35.9 Å². The predicted molar refractivity (Wildman–Crippen MR) is 88.0 cm³/mol. The van der Waals surface area contributed by atoms with E-state index in [4.69, 9.17) is 0 Å². The van der Waals surface area contributed by atoms with Gasteiger partial charge in [0.25, 0.3) is 10.0 Å². The molecule has 0 heterocycles. The largest absolute Gasteiger partial charge is 0.295 e. The molecule has 0 spiro atoms. The zero-order chi connectivity index (χ0) is 16.0. The minimum absolute atomic E-state index is 0.0234. The number of anilines is 1. The van der Waals surface area contributed by atoms with Gasteiger partial charge < -0.3 is 0 Å². The first-order valence-electron chi connectivity index (χ1n) is 6.90. The fourth-order valence-corrected chi connectivity index (χ4v) is 2.90. The molecule has 114 valence electrons. The Morgan fingerprint density at radius 2 is 1.82 bits per heavy atom. The van der Waals surface area contributed by atoms with Crippen LogP contribution < -0.4 is 4.72 Å². The first-order chi connectivity index (χ1) is 10.5. The fraction of sp³-hybridized carbons (Fsp3) is 0.118. The minimum Gasteiger partial charge on any atom is -0.295 e. The molecule has 5 heteroatoms. The van der Waals surface area contributed by atoms with E-state index in [-0.39, 0.29) is 10.7 Å². The van der Waals surface area contributed by atoms with Gasteiger partial charge in [0, 0.05) is 12.1 Å². The van der Waals surface area contributed by atoms with Crippen molar-refractivity contribution in [2.45, 2.75) is 18.2 Å². The summed E-state index contributed by atoms with van der Waals surface area (Å²) >= 11 is 0. The zero-order valence-electron chi connectivity index (χ0n) is 12.2. The van der Waals surface area contributed by atoms with Crippen LogP contribution in [0.5, 0.6) is 0 Å². The van der Waals surface area contributed by atoms with E-state index >= 15 is 0 Å². The summed E-state index contributed by atoms with van der Waals surface area (Å²) in [5.41, 5.74) is 1.21. The average molecular weight is 315 g/mol. The van der Waals surface area contributed by atoms with Crippen molar-refractivity contribution in [2.24, 2.45) is 0 Å². The number of carbonyl (C=O) groups is 1. The summed E-state index contributed by atoms with van der Waals surface area (Å²) in [5.74, 6) is 0.0234. The highest BCUT2D eigenvalue weighted by atomic mass is 32.2. The summed E-state index contributed by atoms with van der Waals surface area (Å²) in [6.07, 6.45) is 3.60. The van der Waals surface area contributed by atoms with Crippen molar-refractivity contribution in [3.63, 3.8) is 0 Å². The number of hydrogen-bond donors (Lipinski definition) is 1. The number of ketones is 1. The van der Waals surface area contributed by atoms with Gasteiger partial charge in [-0.1, -0.05) is 43.3 Å². The molecule has 0 aromatic heterocycles. The monoisotopic (exact) mass is 315 g/mol. The Kier molecular flexibility index (Phi) is 5.12. The molecular formula is C17H17NO3S. The maximum absolute atomic E-state index is 12.2. The molecule has 0 saturated heterocycles. The van der Waals surface area contributed by atoms with Crippen LogP contribution in [0.25, 0.3) is 6.08 Å². The highest BCUT2D eigenvalue weighted by Crippen LogP contribution is 2.17. The summed E-state index contributed by atoms with van der Waals surface area (Å²) in [5, 5.41) is 0. The van der Waals surface area contributed by atoms with Crippen molar-refractivity contribution in [3.8, 4) is 0 Å². The smallest absolute Gasteiger partial charge is 0.261 e. The second-order valence-electron chi connectivity index (χ2n) is 4.70. The van der Waals surface area contributed by atoms with E-state index in [1.807, 2.05) is 0 Å². The zero-order valence-corrected chi connectivity index (χ0v) is 13.0. The van der Waals surface area contributed by atoms with Crippen molar-refractivity contribution in [3.05, 3.63) is 66.2 Å². The van der Waals surface area contributed by atoms with Crippen LogP contribution in [-0.2, 0) is 14.8 Å². The second-order valence-corrected chi connectivity index (χ2v) is 6.38. The van der Waals surface area contributed by atoms with Crippen LogP contribution in [0.15, 0.2) is 65.6 Å². The van der Waals surface area contributed by atoms with Gasteiger partial charge in [0.1, 0.15) is 0 Å². The molecule has 1 N–H and O–H groups in total. The topological polar surface area (TPSA) is 63.2 Å². The molecule has 0 radical (unpaired) electrons. The number of nitrogens with one attached hydrogen (secondary N) is 1. The van der Waals surface area contributed by atoms with E-state index in [0.717, 1.165) is 5.56 Å². The van der Waals surface area contributed by atoms with E-state index in [0.29, 0.717) is 12.1 Å². The van der Waals surface area contributed by atoms with Crippen LogP contribution in [0.3, 0.4) is 0 Å². The first kappa shape index (κ1) is 16.0. The summed E-state index contributed by atoms with van der Waals surface area (Å²) in [7, 11) is -3.61. The Hall–Kier alpha value is -2.40. The van der Waals surface area contributed by atoms with E-state index in [2.05, 4.69) is 4.72 Å². The molecule has 0 fully saturated rings. The van der Waals surface area contributed by atoms with Gasteiger partial charge in [0.05, 0.1) is 4.90 Å². The van der Waals surface area contributed by atoms with Gasteiger partial charge in [0.15, 0.2) is 5.78 Å². The van der Waals surface area contributed by atoms with Gasteiger partial charge >= 0.3 is 0 Å². The van der Waals surface area contributed by atoms with E-state index in [9.17, 15) is 13.2 Å². The SMILES string of the molecule is CCC(=O)/C=C/c1cccc(NS(=O)(=O)c2ccccc2)c1. The maximum atomic E-state index is 12.2. The van der Waals surface area contributed by atoms with Crippen LogP contribution >= 0.6 is 0 Å². The number of hydrogen-bond acceptors (Lipinski definition) is 3. The molecule has 0 bridgehead atoms. The Balaban J connectivity index is 2.20. The van der Waals surface area contributed by atoms with Crippen LogP contribution in [0.4, 0.5) is 5.69 Å². The molecule has 4 nitrogen and oxygen atoms in total. The highest BCUT2D eigenvalue weighted by Gasteiger charge is 2.13. The number of rotatable bonds is 6. The van der Waals surface area contributed by atoms with Crippen molar-refractivity contribution >= 4 is 27.6 Å². The normalized spacial score (nSPS) is 11.5. The molecule has 2 aromatic carbocycles. The first-order valence-corrected chi connectivity index (χ1v) is 8.38. The lowest BCUT2D eigenvalue weighted by molar-refractivity contribution is -0.114. The second kappa shape index (κ2) is 7.04. The lowest BCUT2D eigenvalue weighted by Crippen LogP contribution is -2.12. The highest BCUT2D eigenvalue weighted by molar-refractivity contribution is 7.92. The van der Waals surface area contributed by atoms with Crippen molar-refractivity contribution in [2.75, 3.05) is 4.72 Å². The van der Waals surface area contributed by atoms with Gasteiger partial charge in [0.2, 0.25) is 0 Å².